The minimum absolute atomic E-state index is 0.321. The van der Waals surface area contributed by atoms with Gasteiger partial charge in [0.25, 0.3) is 0 Å². The van der Waals surface area contributed by atoms with Crippen LogP contribution < -0.4 is 11.5 Å². The largest absolute Gasteiger partial charge is 0.480 e. The van der Waals surface area contributed by atoms with Crippen molar-refractivity contribution in [1.29, 1.82) is 0 Å². The van der Waals surface area contributed by atoms with Crippen LogP contribution in [0.3, 0.4) is 0 Å². The normalized spacial score (nSPS) is 14.1. The molecule has 1 rings (SSSR count). The highest BCUT2D eigenvalue weighted by atomic mass is 16.4. The lowest BCUT2D eigenvalue weighted by atomic mass is 10.0. The fraction of sp³-hybridized carbons (Fsp3) is 0.200. The van der Waals surface area contributed by atoms with E-state index in [9.17, 15) is 9.59 Å². The van der Waals surface area contributed by atoms with Crippen molar-refractivity contribution >= 4 is 11.9 Å². The second-order valence-electron chi connectivity index (χ2n) is 3.30. The number of hydrogen-bond donors (Lipinski definition) is 4. The van der Waals surface area contributed by atoms with Crippen LogP contribution >= 0.6 is 0 Å². The Kier molecular flexibility index (Phi) is 3.60. The van der Waals surface area contributed by atoms with Gasteiger partial charge < -0.3 is 21.7 Å². The molecule has 6 N–H and O–H groups in total. The average Bonchev–Trinajstić information content (AvgIpc) is 2.26. The van der Waals surface area contributed by atoms with E-state index < -0.39 is 24.0 Å². The molecule has 0 saturated carbocycles. The van der Waals surface area contributed by atoms with E-state index in [1.54, 1.807) is 0 Å². The zero-order chi connectivity index (χ0) is 12.3. The van der Waals surface area contributed by atoms with E-state index in [2.05, 4.69) is 0 Å². The van der Waals surface area contributed by atoms with Gasteiger partial charge in [0.15, 0.2) is 0 Å². The van der Waals surface area contributed by atoms with Gasteiger partial charge in [-0.1, -0.05) is 24.3 Å². The lowest BCUT2D eigenvalue weighted by Gasteiger charge is -2.11. The fourth-order valence-corrected chi connectivity index (χ4v) is 1.23. The minimum atomic E-state index is -1.18. The van der Waals surface area contributed by atoms with Crippen molar-refractivity contribution in [3.63, 3.8) is 0 Å². The molecule has 0 saturated heterocycles. The molecule has 0 aliphatic rings. The lowest BCUT2D eigenvalue weighted by molar-refractivity contribution is -0.139. The van der Waals surface area contributed by atoms with Gasteiger partial charge in [-0.25, -0.2) is 0 Å². The quantitative estimate of drug-likeness (QED) is 0.563. The maximum atomic E-state index is 10.6. The lowest BCUT2D eigenvalue weighted by Crippen LogP contribution is -2.23. The fourth-order valence-electron chi connectivity index (χ4n) is 1.23. The predicted molar refractivity (Wildman–Crippen MR) is 55.6 cm³/mol. The maximum absolute atomic E-state index is 10.6. The van der Waals surface area contributed by atoms with Gasteiger partial charge in [0.1, 0.15) is 12.1 Å². The summed E-state index contributed by atoms with van der Waals surface area (Å²) < 4.78 is 0. The van der Waals surface area contributed by atoms with E-state index in [1.165, 1.54) is 24.3 Å². The van der Waals surface area contributed by atoms with Gasteiger partial charge in [0.2, 0.25) is 0 Å². The van der Waals surface area contributed by atoms with Gasteiger partial charge in [-0.2, -0.15) is 0 Å². The third-order valence-electron chi connectivity index (χ3n) is 2.16. The molecule has 2 unspecified atom stereocenters. The number of rotatable bonds is 4. The summed E-state index contributed by atoms with van der Waals surface area (Å²) in [6.07, 6.45) is 0. The van der Waals surface area contributed by atoms with E-state index in [4.69, 9.17) is 21.7 Å². The van der Waals surface area contributed by atoms with Gasteiger partial charge >= 0.3 is 11.9 Å². The van der Waals surface area contributed by atoms with E-state index in [0.29, 0.717) is 11.1 Å². The zero-order valence-electron chi connectivity index (χ0n) is 8.33. The minimum Gasteiger partial charge on any atom is -0.480 e. The van der Waals surface area contributed by atoms with E-state index in [-0.39, 0.29) is 0 Å². The topological polar surface area (TPSA) is 127 Å². The predicted octanol–water partition coefficient (Wildman–Crippen LogP) is -0.145. The van der Waals surface area contributed by atoms with Crippen LogP contribution in [0.2, 0.25) is 0 Å². The van der Waals surface area contributed by atoms with Crippen molar-refractivity contribution < 1.29 is 19.8 Å². The summed E-state index contributed by atoms with van der Waals surface area (Å²) in [6.45, 7) is 0. The molecule has 0 fully saturated rings. The summed E-state index contributed by atoms with van der Waals surface area (Å²) in [7, 11) is 0. The number of carbonyl (C=O) groups is 2. The van der Waals surface area contributed by atoms with Crippen molar-refractivity contribution in [2.24, 2.45) is 11.5 Å². The molecule has 0 amide bonds. The first-order valence-electron chi connectivity index (χ1n) is 4.50. The molecule has 0 radical (unpaired) electrons. The molecule has 86 valence electrons. The van der Waals surface area contributed by atoms with Gasteiger partial charge in [-0.15, -0.1) is 0 Å². The smallest absolute Gasteiger partial charge is 0.325 e. The summed E-state index contributed by atoms with van der Waals surface area (Å²) in [5, 5.41) is 17.4. The highest BCUT2D eigenvalue weighted by Gasteiger charge is 2.18. The van der Waals surface area contributed by atoms with Crippen molar-refractivity contribution in [3.05, 3.63) is 35.4 Å². The molecule has 1 aromatic rings. The Morgan fingerprint density at radius 2 is 1.38 bits per heavy atom. The van der Waals surface area contributed by atoms with E-state index in [0.717, 1.165) is 0 Å². The summed E-state index contributed by atoms with van der Waals surface area (Å²) in [5.74, 6) is -2.36. The van der Waals surface area contributed by atoms with Crippen molar-refractivity contribution in [2.45, 2.75) is 12.1 Å². The molecule has 0 heterocycles. The third-order valence-corrected chi connectivity index (χ3v) is 2.16. The average molecular weight is 224 g/mol. The molecule has 0 spiro atoms. The van der Waals surface area contributed by atoms with Gasteiger partial charge in [-0.05, 0) is 11.1 Å². The molecule has 6 nitrogen and oxygen atoms in total. The Morgan fingerprint density at radius 1 is 1.00 bits per heavy atom. The van der Waals surface area contributed by atoms with E-state index >= 15 is 0 Å². The van der Waals surface area contributed by atoms with Crippen LogP contribution in [-0.2, 0) is 9.59 Å². The monoisotopic (exact) mass is 224 g/mol. The number of aliphatic carboxylic acids is 2. The SMILES string of the molecule is NC(C(=O)O)c1cccc(C(N)C(=O)O)c1. The van der Waals surface area contributed by atoms with Crippen LogP contribution in [0.1, 0.15) is 23.2 Å². The number of hydrogen-bond acceptors (Lipinski definition) is 4. The first kappa shape index (κ1) is 12.2. The van der Waals surface area contributed by atoms with Crippen LogP contribution in [0.15, 0.2) is 24.3 Å². The van der Waals surface area contributed by atoms with Crippen LogP contribution in [0.25, 0.3) is 0 Å². The number of carboxylic acids is 2. The molecule has 0 aliphatic heterocycles. The molecular formula is C10H12N2O4. The molecule has 1 aromatic carbocycles. The summed E-state index contributed by atoms with van der Waals surface area (Å²) >= 11 is 0. The van der Waals surface area contributed by atoms with Crippen molar-refractivity contribution in [2.75, 3.05) is 0 Å². The number of benzene rings is 1. The maximum Gasteiger partial charge on any atom is 0.325 e. The Balaban J connectivity index is 3.04. The Hall–Kier alpha value is -1.92. The number of nitrogens with two attached hydrogens (primary N) is 2. The first-order valence-corrected chi connectivity index (χ1v) is 4.50. The first-order chi connectivity index (χ1) is 7.43. The summed E-state index contributed by atoms with van der Waals surface area (Å²) in [5.41, 5.74) is 11.4. The molecule has 0 bridgehead atoms. The van der Waals surface area contributed by atoms with Crippen molar-refractivity contribution in [3.8, 4) is 0 Å². The van der Waals surface area contributed by atoms with Crippen molar-refractivity contribution in [1.82, 2.24) is 0 Å². The Labute approximate surface area is 91.5 Å². The van der Waals surface area contributed by atoms with Crippen LogP contribution in [0.4, 0.5) is 0 Å². The second kappa shape index (κ2) is 4.73. The molecule has 16 heavy (non-hydrogen) atoms. The summed E-state index contributed by atoms with van der Waals surface area (Å²) in [4.78, 5) is 21.3. The molecule has 0 aromatic heterocycles. The second-order valence-corrected chi connectivity index (χ2v) is 3.30. The van der Waals surface area contributed by atoms with Gasteiger partial charge in [0.05, 0.1) is 0 Å². The Morgan fingerprint density at radius 3 is 1.69 bits per heavy atom. The Bertz CT molecular complexity index is 384. The summed E-state index contributed by atoms with van der Waals surface area (Å²) in [6, 6.07) is 3.57. The molecule has 6 heteroatoms. The van der Waals surface area contributed by atoms with Gasteiger partial charge in [-0.3, -0.25) is 9.59 Å². The highest BCUT2D eigenvalue weighted by molar-refractivity contribution is 5.77. The third kappa shape index (κ3) is 2.56. The molecule has 0 aliphatic carbocycles. The van der Waals surface area contributed by atoms with Gasteiger partial charge in [0, 0.05) is 0 Å². The highest BCUT2D eigenvalue weighted by Crippen LogP contribution is 2.17. The van der Waals surface area contributed by atoms with Crippen LogP contribution in [0, 0.1) is 0 Å². The molecule has 2 atom stereocenters. The molecular weight excluding hydrogens is 212 g/mol. The van der Waals surface area contributed by atoms with E-state index in [1.807, 2.05) is 0 Å². The standard InChI is InChI=1S/C10H12N2O4/c11-7(9(13)14)5-2-1-3-6(4-5)8(12)10(15)16/h1-4,7-8H,11-12H2,(H,13,14)(H,15,16). The zero-order valence-corrected chi connectivity index (χ0v) is 8.33. The van der Waals surface area contributed by atoms with Crippen LogP contribution in [-0.4, -0.2) is 22.2 Å². The number of carboxylic acid groups (broad SMARTS) is 2. The van der Waals surface area contributed by atoms with Crippen LogP contribution in [0.5, 0.6) is 0 Å².